The van der Waals surface area contributed by atoms with Gasteiger partial charge in [-0.3, -0.25) is 9.59 Å². The Morgan fingerprint density at radius 3 is 2.57 bits per heavy atom. The van der Waals surface area contributed by atoms with E-state index in [-0.39, 0.29) is 18.2 Å². The highest BCUT2D eigenvalue weighted by molar-refractivity contribution is 7.09. The maximum Gasteiger partial charge on any atom is 0.254 e. The summed E-state index contributed by atoms with van der Waals surface area (Å²) in [6, 6.07) is 7.48. The first-order chi connectivity index (χ1) is 14.7. The number of benzene rings is 1. The molecule has 0 atom stereocenters. The van der Waals surface area contributed by atoms with Crippen LogP contribution < -0.4 is 4.74 Å². The van der Waals surface area contributed by atoms with Gasteiger partial charge in [0.2, 0.25) is 5.91 Å². The minimum Gasteiger partial charge on any atom is -0.493 e. The van der Waals surface area contributed by atoms with E-state index in [0.717, 1.165) is 17.4 Å². The Hall–Kier alpha value is -2.48. The molecule has 0 spiro atoms. The molecule has 4 rings (SSSR count). The first-order valence-electron chi connectivity index (χ1n) is 10.7. The summed E-state index contributed by atoms with van der Waals surface area (Å²) < 4.78 is 5.99. The van der Waals surface area contributed by atoms with Crippen molar-refractivity contribution < 1.29 is 14.3 Å². The highest BCUT2D eigenvalue weighted by Crippen LogP contribution is 2.25. The molecule has 0 bridgehead atoms. The number of carbonyl (C=O) groups is 2. The molecule has 1 aromatic heterocycles. The fourth-order valence-corrected chi connectivity index (χ4v) is 4.66. The predicted octanol–water partition coefficient (Wildman–Crippen LogP) is 3.02. The Balaban J connectivity index is 1.28. The van der Waals surface area contributed by atoms with Gasteiger partial charge in [0.25, 0.3) is 5.91 Å². The van der Waals surface area contributed by atoms with Crippen LogP contribution in [0.2, 0.25) is 0 Å². The number of nitrogens with zero attached hydrogens (tertiary/aromatic N) is 4. The van der Waals surface area contributed by atoms with E-state index in [1.54, 1.807) is 10.4 Å². The van der Waals surface area contributed by atoms with E-state index < -0.39 is 0 Å². The number of aromatic nitrogens is 2. The highest BCUT2D eigenvalue weighted by atomic mass is 32.1. The Labute approximate surface area is 181 Å². The van der Waals surface area contributed by atoms with E-state index in [1.165, 1.54) is 43.4 Å². The molecular weight excluding hydrogens is 400 g/mol. The molecule has 0 radical (unpaired) electrons. The van der Waals surface area contributed by atoms with Crippen LogP contribution in [0.4, 0.5) is 0 Å². The highest BCUT2D eigenvalue weighted by Gasteiger charge is 2.25. The van der Waals surface area contributed by atoms with Gasteiger partial charge >= 0.3 is 0 Å². The maximum absolute atomic E-state index is 12.9. The first kappa shape index (κ1) is 20.8. The van der Waals surface area contributed by atoms with Crippen molar-refractivity contribution in [2.75, 3.05) is 32.8 Å². The van der Waals surface area contributed by atoms with Gasteiger partial charge in [-0.2, -0.15) is 0 Å². The molecule has 1 aliphatic carbocycles. The third-order valence-electron chi connectivity index (χ3n) is 5.92. The van der Waals surface area contributed by atoms with Crippen LogP contribution in [-0.4, -0.2) is 64.6 Å². The van der Waals surface area contributed by atoms with Crippen LogP contribution in [-0.2, 0) is 11.2 Å². The number of amides is 2. The summed E-state index contributed by atoms with van der Waals surface area (Å²) in [4.78, 5) is 29.0. The Kier molecular flexibility index (Phi) is 6.94. The van der Waals surface area contributed by atoms with Gasteiger partial charge in [0.1, 0.15) is 16.3 Å². The zero-order valence-electron chi connectivity index (χ0n) is 17.2. The van der Waals surface area contributed by atoms with E-state index >= 15 is 0 Å². The van der Waals surface area contributed by atoms with Gasteiger partial charge in [0.05, 0.1) is 13.0 Å². The molecule has 1 aromatic carbocycles. The number of carbonyl (C=O) groups excluding carboxylic acids is 2. The van der Waals surface area contributed by atoms with Gasteiger partial charge in [-0.15, -0.1) is 21.5 Å². The van der Waals surface area contributed by atoms with Crippen molar-refractivity contribution in [2.45, 2.75) is 38.5 Å². The van der Waals surface area contributed by atoms with Crippen molar-refractivity contribution in [1.82, 2.24) is 20.0 Å². The molecule has 2 amide bonds. The molecule has 160 valence electrons. The predicted molar refractivity (Wildman–Crippen MR) is 115 cm³/mol. The molecule has 1 saturated heterocycles. The monoisotopic (exact) mass is 428 g/mol. The molecule has 1 saturated carbocycles. The van der Waals surface area contributed by atoms with Crippen molar-refractivity contribution in [1.29, 1.82) is 0 Å². The van der Waals surface area contributed by atoms with Crippen LogP contribution in [0.25, 0.3) is 0 Å². The molecule has 0 N–H and O–H groups in total. The Morgan fingerprint density at radius 2 is 1.83 bits per heavy atom. The van der Waals surface area contributed by atoms with Crippen molar-refractivity contribution in [3.8, 4) is 5.75 Å². The van der Waals surface area contributed by atoms with Crippen LogP contribution in [0, 0.1) is 5.92 Å². The summed E-state index contributed by atoms with van der Waals surface area (Å²) in [5.74, 6) is 1.42. The second-order valence-corrected chi connectivity index (χ2v) is 8.94. The number of ether oxygens (including phenoxy) is 1. The number of piperazine rings is 1. The van der Waals surface area contributed by atoms with Crippen molar-refractivity contribution in [3.63, 3.8) is 0 Å². The molecular formula is C22H28N4O3S. The van der Waals surface area contributed by atoms with Gasteiger partial charge < -0.3 is 14.5 Å². The fourth-order valence-electron chi connectivity index (χ4n) is 4.14. The van der Waals surface area contributed by atoms with E-state index in [0.29, 0.717) is 37.7 Å². The molecule has 0 unspecified atom stereocenters. The second kappa shape index (κ2) is 10.0. The Morgan fingerprint density at radius 1 is 1.07 bits per heavy atom. The number of hydrogen-bond donors (Lipinski definition) is 0. The Bertz CT molecular complexity index is 844. The topological polar surface area (TPSA) is 75.6 Å². The summed E-state index contributed by atoms with van der Waals surface area (Å²) in [5, 5.41) is 8.43. The van der Waals surface area contributed by atoms with E-state index in [9.17, 15) is 9.59 Å². The summed E-state index contributed by atoms with van der Waals surface area (Å²) in [6.07, 6.45) is 6.67. The maximum atomic E-state index is 12.9. The molecule has 30 heavy (non-hydrogen) atoms. The van der Waals surface area contributed by atoms with Gasteiger partial charge in [-0.05, 0) is 37.0 Å². The molecule has 2 fully saturated rings. The number of rotatable bonds is 6. The lowest BCUT2D eigenvalue weighted by molar-refractivity contribution is -0.131. The third kappa shape index (κ3) is 5.36. The van der Waals surface area contributed by atoms with Gasteiger partial charge in [0, 0.05) is 31.7 Å². The molecule has 1 aliphatic heterocycles. The van der Waals surface area contributed by atoms with Gasteiger partial charge in [-0.25, -0.2) is 0 Å². The normalized spacial score (nSPS) is 17.7. The molecule has 8 heteroatoms. The van der Waals surface area contributed by atoms with Crippen LogP contribution in [0.15, 0.2) is 29.8 Å². The summed E-state index contributed by atoms with van der Waals surface area (Å²) >= 11 is 1.39. The zero-order chi connectivity index (χ0) is 20.8. The number of hydrogen-bond acceptors (Lipinski definition) is 6. The molecule has 2 aliphatic rings. The average Bonchev–Trinajstić information content (AvgIpc) is 3.31. The van der Waals surface area contributed by atoms with Crippen LogP contribution in [0.3, 0.4) is 0 Å². The lowest BCUT2D eigenvalue weighted by atomic mass is 9.90. The standard InChI is InChI=1S/C22H28N4O3S/c27-21(14-20-24-23-16-30-20)25-9-11-26(12-10-25)22(28)18-7-4-8-19(13-18)29-15-17-5-2-1-3-6-17/h4,7-8,13,16-17H,1-3,5-6,9-12,14-15H2. The summed E-state index contributed by atoms with van der Waals surface area (Å²) in [6.45, 7) is 2.89. The van der Waals surface area contributed by atoms with Crippen LogP contribution in [0.5, 0.6) is 5.75 Å². The van der Waals surface area contributed by atoms with Crippen molar-refractivity contribution in [3.05, 3.63) is 40.3 Å². The fraction of sp³-hybridized carbons (Fsp3) is 0.545. The quantitative estimate of drug-likeness (QED) is 0.707. The largest absolute Gasteiger partial charge is 0.493 e. The van der Waals surface area contributed by atoms with Crippen LogP contribution >= 0.6 is 11.3 Å². The minimum atomic E-state index is -0.00524. The average molecular weight is 429 g/mol. The minimum absolute atomic E-state index is 0.00524. The van der Waals surface area contributed by atoms with Crippen LogP contribution in [0.1, 0.15) is 47.5 Å². The van der Waals surface area contributed by atoms with Crippen molar-refractivity contribution in [2.24, 2.45) is 5.92 Å². The SMILES string of the molecule is O=C(Cc1nncs1)N1CCN(C(=O)c2cccc(OCC3CCCCC3)c2)CC1. The van der Waals surface area contributed by atoms with E-state index in [1.807, 2.05) is 29.2 Å². The van der Waals surface area contributed by atoms with E-state index in [2.05, 4.69) is 10.2 Å². The van der Waals surface area contributed by atoms with Gasteiger partial charge in [0.15, 0.2) is 0 Å². The second-order valence-electron chi connectivity index (χ2n) is 8.03. The molecule has 2 aromatic rings. The summed E-state index contributed by atoms with van der Waals surface area (Å²) in [7, 11) is 0. The summed E-state index contributed by atoms with van der Waals surface area (Å²) in [5.41, 5.74) is 2.27. The lowest BCUT2D eigenvalue weighted by Gasteiger charge is -2.34. The zero-order valence-corrected chi connectivity index (χ0v) is 18.0. The smallest absolute Gasteiger partial charge is 0.254 e. The van der Waals surface area contributed by atoms with Crippen molar-refractivity contribution >= 4 is 23.2 Å². The first-order valence-corrected chi connectivity index (χ1v) is 11.6. The molecule has 2 heterocycles. The third-order valence-corrected chi connectivity index (χ3v) is 6.62. The molecule has 7 nitrogen and oxygen atoms in total. The van der Waals surface area contributed by atoms with E-state index in [4.69, 9.17) is 4.74 Å². The van der Waals surface area contributed by atoms with Gasteiger partial charge in [-0.1, -0.05) is 25.3 Å². The lowest BCUT2D eigenvalue weighted by Crippen LogP contribution is -2.51.